The summed E-state index contributed by atoms with van der Waals surface area (Å²) in [5.74, 6) is 0. The predicted octanol–water partition coefficient (Wildman–Crippen LogP) is 2.59. The van der Waals surface area contributed by atoms with Crippen LogP contribution in [0.2, 0.25) is 0 Å². The summed E-state index contributed by atoms with van der Waals surface area (Å²) in [6.45, 7) is 2.63. The third-order valence-corrected chi connectivity index (χ3v) is 5.07. The van der Waals surface area contributed by atoms with Crippen molar-refractivity contribution in [3.63, 3.8) is 0 Å². The minimum Gasteiger partial charge on any atom is -0.460 e. The molecule has 4 aromatic rings. The van der Waals surface area contributed by atoms with Crippen molar-refractivity contribution in [1.82, 2.24) is 18.7 Å². The van der Waals surface area contributed by atoms with E-state index in [0.29, 0.717) is 30.3 Å². The highest BCUT2D eigenvalue weighted by molar-refractivity contribution is 5.86. The second-order valence-corrected chi connectivity index (χ2v) is 6.88. The minimum atomic E-state index is -0.419. The van der Waals surface area contributed by atoms with Crippen molar-refractivity contribution in [1.29, 1.82) is 0 Å². The lowest BCUT2D eigenvalue weighted by Gasteiger charge is -2.12. The maximum atomic E-state index is 12.9. The highest BCUT2D eigenvalue weighted by Gasteiger charge is 2.20. The molecule has 0 unspecified atom stereocenters. The Morgan fingerprint density at radius 2 is 1.79 bits per heavy atom. The SMILES string of the molecule is C/C=C/COc1nc2c(c(=O)n(C)c(=O)n2C)n1Cc1cccc2ccccc12. The molecule has 0 aliphatic carbocycles. The molecule has 0 radical (unpaired) electrons. The monoisotopic (exact) mass is 390 g/mol. The summed E-state index contributed by atoms with van der Waals surface area (Å²) >= 11 is 0. The van der Waals surface area contributed by atoms with Crippen LogP contribution in [0.5, 0.6) is 6.01 Å². The van der Waals surface area contributed by atoms with Crippen LogP contribution in [-0.2, 0) is 20.6 Å². The smallest absolute Gasteiger partial charge is 0.332 e. The van der Waals surface area contributed by atoms with Crippen LogP contribution in [0.25, 0.3) is 21.9 Å². The topological polar surface area (TPSA) is 71.1 Å². The maximum Gasteiger partial charge on any atom is 0.332 e. The fraction of sp³-hybridized carbons (Fsp3) is 0.227. The van der Waals surface area contributed by atoms with E-state index >= 15 is 0 Å². The number of hydrogen-bond acceptors (Lipinski definition) is 4. The average Bonchev–Trinajstić information content (AvgIpc) is 3.09. The Kier molecular flexibility index (Phi) is 4.80. The summed E-state index contributed by atoms with van der Waals surface area (Å²) in [6, 6.07) is 14.5. The first-order valence-electron chi connectivity index (χ1n) is 9.39. The molecule has 7 nitrogen and oxygen atoms in total. The molecule has 0 saturated carbocycles. The van der Waals surface area contributed by atoms with E-state index in [4.69, 9.17) is 4.74 Å². The van der Waals surface area contributed by atoms with Gasteiger partial charge in [-0.3, -0.25) is 18.5 Å². The average molecular weight is 390 g/mol. The van der Waals surface area contributed by atoms with Gasteiger partial charge in [-0.15, -0.1) is 0 Å². The summed E-state index contributed by atoms with van der Waals surface area (Å²) in [5.41, 5.74) is 0.884. The van der Waals surface area contributed by atoms with Gasteiger partial charge in [0.25, 0.3) is 11.6 Å². The highest BCUT2D eigenvalue weighted by atomic mass is 16.5. The quantitative estimate of drug-likeness (QED) is 0.491. The molecule has 0 aliphatic heterocycles. The lowest BCUT2D eigenvalue weighted by Crippen LogP contribution is -2.37. The predicted molar refractivity (Wildman–Crippen MR) is 114 cm³/mol. The molecular weight excluding hydrogens is 368 g/mol. The van der Waals surface area contributed by atoms with Gasteiger partial charge in [-0.1, -0.05) is 54.6 Å². The number of benzene rings is 2. The van der Waals surface area contributed by atoms with Gasteiger partial charge in [-0.25, -0.2) is 4.79 Å². The molecular formula is C22H22N4O3. The maximum absolute atomic E-state index is 12.9. The Morgan fingerprint density at radius 3 is 2.59 bits per heavy atom. The van der Waals surface area contributed by atoms with E-state index in [1.165, 1.54) is 11.6 Å². The third kappa shape index (κ3) is 3.14. The number of aryl methyl sites for hydroxylation is 1. The summed E-state index contributed by atoms with van der Waals surface area (Å²) in [5, 5.41) is 2.21. The highest BCUT2D eigenvalue weighted by Crippen LogP contribution is 2.24. The first-order valence-corrected chi connectivity index (χ1v) is 9.39. The van der Waals surface area contributed by atoms with Crippen molar-refractivity contribution >= 4 is 21.9 Å². The fourth-order valence-corrected chi connectivity index (χ4v) is 3.50. The van der Waals surface area contributed by atoms with Gasteiger partial charge in [0.1, 0.15) is 6.61 Å². The standard InChI is InChI=1S/C22H22N4O3/c1-4-5-13-29-21-23-19-18(20(27)25(3)22(28)24(19)2)26(21)14-16-11-8-10-15-9-6-7-12-17(15)16/h4-12H,13-14H2,1-3H3/b5-4+. The van der Waals surface area contributed by atoms with Crippen LogP contribution in [0.3, 0.4) is 0 Å². The van der Waals surface area contributed by atoms with Gasteiger partial charge >= 0.3 is 5.69 Å². The molecule has 148 valence electrons. The van der Waals surface area contributed by atoms with E-state index in [9.17, 15) is 9.59 Å². The molecule has 7 heteroatoms. The van der Waals surface area contributed by atoms with Gasteiger partial charge in [-0.05, 0) is 23.3 Å². The number of fused-ring (bicyclic) bond motifs is 2. The number of rotatable bonds is 5. The molecule has 0 N–H and O–H groups in total. The zero-order valence-electron chi connectivity index (χ0n) is 16.6. The number of ether oxygens (including phenoxy) is 1. The largest absolute Gasteiger partial charge is 0.460 e. The molecule has 29 heavy (non-hydrogen) atoms. The van der Waals surface area contributed by atoms with Crippen molar-refractivity contribution in [3.8, 4) is 6.01 Å². The molecule has 0 aliphatic rings. The Bertz CT molecular complexity index is 1350. The van der Waals surface area contributed by atoms with Crippen molar-refractivity contribution < 1.29 is 4.74 Å². The van der Waals surface area contributed by atoms with Crippen LogP contribution >= 0.6 is 0 Å². The van der Waals surface area contributed by atoms with Gasteiger partial charge in [0.2, 0.25) is 0 Å². The first-order chi connectivity index (χ1) is 14.0. The van der Waals surface area contributed by atoms with E-state index in [1.807, 2.05) is 43.3 Å². The van der Waals surface area contributed by atoms with Crippen molar-refractivity contribution in [3.05, 3.63) is 81.0 Å². The van der Waals surface area contributed by atoms with Crippen LogP contribution in [0.15, 0.2) is 64.2 Å². The molecule has 2 heterocycles. The number of imidazole rings is 1. The molecule has 2 aromatic heterocycles. The molecule has 4 rings (SSSR count). The van der Waals surface area contributed by atoms with Crippen molar-refractivity contribution in [2.24, 2.45) is 14.1 Å². The van der Waals surface area contributed by atoms with Crippen LogP contribution in [0.4, 0.5) is 0 Å². The number of hydrogen-bond donors (Lipinski definition) is 0. The second kappa shape index (κ2) is 7.43. The van der Waals surface area contributed by atoms with Crippen molar-refractivity contribution in [2.75, 3.05) is 6.61 Å². The second-order valence-electron chi connectivity index (χ2n) is 6.88. The zero-order chi connectivity index (χ0) is 20.5. The number of nitrogens with zero attached hydrogens (tertiary/aromatic N) is 4. The minimum absolute atomic E-state index is 0.310. The molecule has 0 amide bonds. The molecule has 0 spiro atoms. The van der Waals surface area contributed by atoms with Gasteiger partial charge in [0.15, 0.2) is 11.2 Å². The fourth-order valence-electron chi connectivity index (χ4n) is 3.50. The first kappa shape index (κ1) is 18.7. The van der Waals surface area contributed by atoms with E-state index in [1.54, 1.807) is 11.6 Å². The van der Waals surface area contributed by atoms with Gasteiger partial charge in [0.05, 0.1) is 6.54 Å². The lowest BCUT2D eigenvalue weighted by atomic mass is 10.0. The van der Waals surface area contributed by atoms with Gasteiger partial charge in [0, 0.05) is 14.1 Å². The summed E-state index contributed by atoms with van der Waals surface area (Å²) < 4.78 is 10.1. The van der Waals surface area contributed by atoms with E-state index < -0.39 is 11.2 Å². The number of allylic oxidation sites excluding steroid dienone is 1. The van der Waals surface area contributed by atoms with Crippen LogP contribution in [0.1, 0.15) is 12.5 Å². The Labute approximate surface area is 167 Å². The van der Waals surface area contributed by atoms with Crippen molar-refractivity contribution in [2.45, 2.75) is 13.5 Å². The molecule has 0 saturated heterocycles. The Morgan fingerprint density at radius 1 is 1.03 bits per heavy atom. The van der Waals surface area contributed by atoms with Crippen LogP contribution in [-0.4, -0.2) is 25.3 Å². The zero-order valence-corrected chi connectivity index (χ0v) is 16.6. The van der Waals surface area contributed by atoms with E-state index in [2.05, 4.69) is 23.2 Å². The molecule has 0 fully saturated rings. The van der Waals surface area contributed by atoms with Gasteiger partial charge in [-0.2, -0.15) is 4.98 Å². The molecule has 2 aromatic carbocycles. The number of aromatic nitrogens is 4. The van der Waals surface area contributed by atoms with E-state index in [-0.39, 0.29) is 0 Å². The lowest BCUT2D eigenvalue weighted by molar-refractivity contribution is 0.320. The molecule has 0 atom stereocenters. The van der Waals surface area contributed by atoms with E-state index in [0.717, 1.165) is 20.9 Å². The summed E-state index contributed by atoms with van der Waals surface area (Å²) in [6.07, 6.45) is 3.74. The third-order valence-electron chi connectivity index (χ3n) is 5.07. The van der Waals surface area contributed by atoms with Crippen LogP contribution in [0, 0.1) is 0 Å². The molecule has 0 bridgehead atoms. The Hall–Kier alpha value is -3.61. The normalized spacial score (nSPS) is 11.7. The Balaban J connectivity index is 1.97. The van der Waals surface area contributed by atoms with Gasteiger partial charge < -0.3 is 4.74 Å². The van der Waals surface area contributed by atoms with Crippen LogP contribution < -0.4 is 16.0 Å². The summed E-state index contributed by atoms with van der Waals surface area (Å²) in [4.78, 5) is 29.8. The summed E-state index contributed by atoms with van der Waals surface area (Å²) in [7, 11) is 3.08.